The number of benzene rings is 1. The first-order chi connectivity index (χ1) is 14.8. The highest BCUT2D eigenvalue weighted by Crippen LogP contribution is 2.48. The molecule has 0 spiro atoms. The van der Waals surface area contributed by atoms with Crippen molar-refractivity contribution in [3.05, 3.63) is 33.4 Å². The highest BCUT2D eigenvalue weighted by atomic mass is 35.5. The molecule has 0 heterocycles. The van der Waals surface area contributed by atoms with Gasteiger partial charge in [0, 0.05) is 24.8 Å². The van der Waals surface area contributed by atoms with E-state index < -0.39 is 12.1 Å². The van der Waals surface area contributed by atoms with Gasteiger partial charge >= 0.3 is 5.97 Å². The van der Waals surface area contributed by atoms with Crippen molar-refractivity contribution in [3.8, 4) is 11.5 Å². The molecule has 1 aliphatic carbocycles. The average Bonchev–Trinajstić information content (AvgIpc) is 2.73. The normalized spacial score (nSPS) is 24.8. The summed E-state index contributed by atoms with van der Waals surface area (Å²) < 4.78 is 5.62. The molecule has 0 amide bonds. The molecule has 0 radical (unpaired) electrons. The third-order valence-corrected chi connectivity index (χ3v) is 7.84. The summed E-state index contributed by atoms with van der Waals surface area (Å²) in [5.74, 6) is -0.691. The SMILES string of the molecule is CC(=O)O[C@H](C[C@]1(C)[C@H](C)CCC(=O)[C@@H]1C)C(C)=CCc1c(O)c(Cl)c(C)c(C=O)c1O. The van der Waals surface area contributed by atoms with Gasteiger partial charge in [-0.15, -0.1) is 0 Å². The van der Waals surface area contributed by atoms with Gasteiger partial charge in [-0.3, -0.25) is 14.4 Å². The van der Waals surface area contributed by atoms with Crippen LogP contribution in [0.4, 0.5) is 0 Å². The van der Waals surface area contributed by atoms with Crippen LogP contribution >= 0.6 is 11.6 Å². The molecule has 2 rings (SSSR count). The fourth-order valence-electron chi connectivity index (χ4n) is 4.59. The maximum Gasteiger partial charge on any atom is 0.303 e. The Morgan fingerprint density at radius 2 is 1.91 bits per heavy atom. The highest BCUT2D eigenvalue weighted by molar-refractivity contribution is 6.33. The van der Waals surface area contributed by atoms with E-state index in [9.17, 15) is 24.6 Å². The fourth-order valence-corrected chi connectivity index (χ4v) is 4.80. The van der Waals surface area contributed by atoms with E-state index in [1.807, 2.05) is 13.8 Å². The lowest BCUT2D eigenvalue weighted by molar-refractivity contribution is -0.148. The van der Waals surface area contributed by atoms with Crippen LogP contribution in [0.1, 0.15) is 75.4 Å². The number of phenols is 2. The third-order valence-electron chi connectivity index (χ3n) is 7.38. The predicted molar refractivity (Wildman–Crippen MR) is 123 cm³/mol. The number of aldehydes is 1. The van der Waals surface area contributed by atoms with Crippen LogP contribution in [0.25, 0.3) is 0 Å². The summed E-state index contributed by atoms with van der Waals surface area (Å²) in [5, 5.41) is 20.9. The van der Waals surface area contributed by atoms with Crippen LogP contribution < -0.4 is 0 Å². The predicted octanol–water partition coefficient (Wildman–Crippen LogP) is 5.32. The van der Waals surface area contributed by atoms with Gasteiger partial charge in [0.05, 0.1) is 10.6 Å². The minimum Gasteiger partial charge on any atom is -0.507 e. The maximum absolute atomic E-state index is 12.4. The van der Waals surface area contributed by atoms with E-state index in [0.717, 1.165) is 12.0 Å². The molecular formula is C25H33ClO6. The van der Waals surface area contributed by atoms with Crippen molar-refractivity contribution in [2.75, 3.05) is 0 Å². The van der Waals surface area contributed by atoms with Crippen molar-refractivity contribution < 1.29 is 29.3 Å². The zero-order valence-corrected chi connectivity index (χ0v) is 20.4. The lowest BCUT2D eigenvalue weighted by atomic mass is 9.59. The van der Waals surface area contributed by atoms with Crippen LogP contribution in [-0.2, 0) is 20.7 Å². The molecular weight excluding hydrogens is 432 g/mol. The Kier molecular flexibility index (Phi) is 8.16. The smallest absolute Gasteiger partial charge is 0.303 e. The van der Waals surface area contributed by atoms with E-state index in [1.165, 1.54) is 6.92 Å². The molecule has 1 saturated carbocycles. The van der Waals surface area contributed by atoms with Crippen molar-refractivity contribution in [2.24, 2.45) is 17.3 Å². The maximum atomic E-state index is 12.4. The van der Waals surface area contributed by atoms with Crippen LogP contribution in [0.2, 0.25) is 5.02 Å². The Balaban J connectivity index is 2.39. The Bertz CT molecular complexity index is 950. The van der Waals surface area contributed by atoms with Crippen molar-refractivity contribution in [3.63, 3.8) is 0 Å². The fraction of sp³-hybridized carbons (Fsp3) is 0.560. The molecule has 176 valence electrons. The minimum absolute atomic E-state index is 0.0124. The Labute approximate surface area is 194 Å². The second-order valence-corrected chi connectivity index (χ2v) is 9.61. The lowest BCUT2D eigenvalue weighted by Crippen LogP contribution is -2.44. The molecule has 0 bridgehead atoms. The zero-order valence-electron chi connectivity index (χ0n) is 19.6. The molecule has 4 atom stereocenters. The summed E-state index contributed by atoms with van der Waals surface area (Å²) in [5.41, 5.74) is 0.844. The number of hydrogen-bond acceptors (Lipinski definition) is 6. The number of ketones is 1. The number of aromatic hydroxyl groups is 2. The van der Waals surface area contributed by atoms with Gasteiger partial charge in [-0.05, 0) is 55.6 Å². The number of allylic oxidation sites excluding steroid dienone is 1. The van der Waals surface area contributed by atoms with Crippen LogP contribution in [0.3, 0.4) is 0 Å². The monoisotopic (exact) mass is 464 g/mol. The van der Waals surface area contributed by atoms with Crippen LogP contribution in [-0.4, -0.2) is 34.4 Å². The van der Waals surface area contributed by atoms with Crippen molar-refractivity contribution in [1.29, 1.82) is 0 Å². The molecule has 1 fully saturated rings. The average molecular weight is 465 g/mol. The topological polar surface area (TPSA) is 101 Å². The minimum atomic E-state index is -0.566. The van der Waals surface area contributed by atoms with Gasteiger partial charge in [0.2, 0.25) is 0 Å². The Morgan fingerprint density at radius 3 is 2.47 bits per heavy atom. The third kappa shape index (κ3) is 5.01. The highest BCUT2D eigenvalue weighted by Gasteiger charge is 2.45. The summed E-state index contributed by atoms with van der Waals surface area (Å²) in [4.78, 5) is 35.6. The largest absolute Gasteiger partial charge is 0.507 e. The summed E-state index contributed by atoms with van der Waals surface area (Å²) >= 11 is 6.14. The second kappa shape index (κ2) is 10.1. The van der Waals surface area contributed by atoms with Crippen LogP contribution in [0.5, 0.6) is 11.5 Å². The molecule has 0 saturated heterocycles. The number of phenolic OH excluding ortho intramolecular Hbond substituents is 2. The number of hydrogen-bond donors (Lipinski definition) is 2. The van der Waals surface area contributed by atoms with E-state index >= 15 is 0 Å². The van der Waals surface area contributed by atoms with Crippen LogP contribution in [0, 0.1) is 24.2 Å². The number of rotatable bonds is 7. The Morgan fingerprint density at radius 1 is 1.28 bits per heavy atom. The van der Waals surface area contributed by atoms with E-state index in [1.54, 1.807) is 13.0 Å². The van der Waals surface area contributed by atoms with Crippen molar-refractivity contribution >= 4 is 29.6 Å². The first-order valence-corrected chi connectivity index (χ1v) is 11.3. The van der Waals surface area contributed by atoms with Gasteiger partial charge in [-0.2, -0.15) is 0 Å². The summed E-state index contributed by atoms with van der Waals surface area (Å²) in [6, 6.07) is 0. The molecule has 1 aromatic carbocycles. The first kappa shape index (κ1) is 25.9. The molecule has 6 nitrogen and oxygen atoms in total. The molecule has 1 aliphatic rings. The van der Waals surface area contributed by atoms with Gasteiger partial charge in [-0.25, -0.2) is 0 Å². The molecule has 0 unspecified atom stereocenters. The first-order valence-electron chi connectivity index (χ1n) is 10.9. The van der Waals surface area contributed by atoms with Gasteiger partial charge in [0.1, 0.15) is 23.4 Å². The van der Waals surface area contributed by atoms with Crippen molar-refractivity contribution in [2.45, 2.75) is 73.3 Å². The van der Waals surface area contributed by atoms with Gasteiger partial charge in [-0.1, -0.05) is 38.4 Å². The van der Waals surface area contributed by atoms with E-state index in [0.29, 0.717) is 24.7 Å². The zero-order chi connectivity index (χ0) is 24.4. The molecule has 1 aromatic rings. The molecule has 32 heavy (non-hydrogen) atoms. The molecule has 7 heteroatoms. The summed E-state index contributed by atoms with van der Waals surface area (Å²) in [6.07, 6.45) is 3.61. The number of carbonyl (C=O) groups excluding carboxylic acids is 3. The number of esters is 1. The lowest BCUT2D eigenvalue weighted by Gasteiger charge is -2.45. The van der Waals surface area contributed by atoms with Crippen molar-refractivity contribution in [1.82, 2.24) is 0 Å². The van der Waals surface area contributed by atoms with Gasteiger partial charge in [0.25, 0.3) is 0 Å². The standard InChI is InChI=1S/C25H33ClO6/c1-13(7-9-18-23(30)19(12-27)15(3)22(26)24(18)31)21(32-17(5)28)11-25(6)14(2)8-10-20(29)16(25)4/h7,12,14,16,21,30-31H,8-11H2,1-6H3/t14-,16+,21-,25-/m1/s1. The van der Waals surface area contributed by atoms with E-state index in [4.69, 9.17) is 16.3 Å². The number of halogens is 1. The van der Waals surface area contributed by atoms with Gasteiger partial charge < -0.3 is 14.9 Å². The van der Waals surface area contributed by atoms with Gasteiger partial charge in [0.15, 0.2) is 6.29 Å². The second-order valence-electron chi connectivity index (χ2n) is 9.23. The molecule has 0 aliphatic heterocycles. The Hall–Kier alpha value is -2.34. The number of ether oxygens (including phenoxy) is 1. The molecule has 2 N–H and O–H groups in total. The number of carbonyl (C=O) groups is 3. The quantitative estimate of drug-likeness (QED) is 0.321. The summed E-state index contributed by atoms with van der Waals surface area (Å²) in [6.45, 7) is 10.8. The van der Waals surface area contributed by atoms with E-state index in [2.05, 4.69) is 13.8 Å². The number of Topliss-reactive ketones (excluding diaryl/α,β-unsaturated/α-hetero) is 1. The molecule has 0 aromatic heterocycles. The summed E-state index contributed by atoms with van der Waals surface area (Å²) in [7, 11) is 0. The van der Waals surface area contributed by atoms with E-state index in [-0.39, 0.29) is 57.1 Å². The van der Waals surface area contributed by atoms with Crippen LogP contribution in [0.15, 0.2) is 11.6 Å².